The van der Waals surface area contributed by atoms with Gasteiger partial charge in [0.05, 0.1) is 0 Å². The minimum absolute atomic E-state index is 0.500. The van der Waals surface area contributed by atoms with Crippen LogP contribution < -0.4 is 21.7 Å². The van der Waals surface area contributed by atoms with Gasteiger partial charge in [0.25, 0.3) is 0 Å². The zero-order chi connectivity index (χ0) is 22.1. The predicted octanol–water partition coefficient (Wildman–Crippen LogP) is 3.47. The second kappa shape index (κ2) is 12.2. The molecule has 4 atom stereocenters. The standard InChI is InChI=1S/C24H35N5.C2H6/c1-17-12-20(28-24(25)13-17)14-19-15-26-16-23(19)29-22-9-5-8-21(22)27-11-10-18-6-3-2-4-7-18;1-2/h2-4,6-7,12-13,19,21-23,26-27,29H,5,8-11,14-16H2,1H3,(H2,25,28);1-2H3. The van der Waals surface area contributed by atoms with Gasteiger partial charge in [0.15, 0.2) is 0 Å². The molecular weight excluding hydrogens is 382 g/mol. The third-order valence-corrected chi connectivity index (χ3v) is 6.46. The van der Waals surface area contributed by atoms with Gasteiger partial charge in [0, 0.05) is 30.4 Å². The van der Waals surface area contributed by atoms with Crippen LogP contribution in [0.2, 0.25) is 0 Å². The van der Waals surface area contributed by atoms with Crippen LogP contribution in [0.25, 0.3) is 0 Å². The molecule has 170 valence electrons. The molecule has 31 heavy (non-hydrogen) atoms. The summed E-state index contributed by atoms with van der Waals surface area (Å²) in [4.78, 5) is 4.56. The van der Waals surface area contributed by atoms with Crippen molar-refractivity contribution >= 4 is 5.82 Å². The Labute approximate surface area is 188 Å². The van der Waals surface area contributed by atoms with E-state index in [0.717, 1.165) is 38.2 Å². The number of nitrogens with zero attached hydrogens (tertiary/aromatic N) is 1. The Hall–Kier alpha value is -1.95. The Kier molecular flexibility index (Phi) is 9.31. The fraction of sp³-hybridized carbons (Fsp3) is 0.577. The Balaban J connectivity index is 0.00000132. The van der Waals surface area contributed by atoms with Crippen LogP contribution in [-0.2, 0) is 12.8 Å². The molecule has 0 spiro atoms. The molecule has 5 heteroatoms. The summed E-state index contributed by atoms with van der Waals surface area (Å²) in [7, 11) is 0. The minimum atomic E-state index is 0.500. The Morgan fingerprint density at radius 1 is 1.03 bits per heavy atom. The maximum absolute atomic E-state index is 5.96. The van der Waals surface area contributed by atoms with E-state index in [0.29, 0.717) is 29.9 Å². The SMILES string of the molecule is CC.Cc1cc(N)nc(CC2CNCC2NC2CCCC2NCCc2ccccc2)c1. The van der Waals surface area contributed by atoms with Gasteiger partial charge in [-0.2, -0.15) is 0 Å². The van der Waals surface area contributed by atoms with Crippen molar-refractivity contribution in [2.75, 3.05) is 25.4 Å². The zero-order valence-corrected chi connectivity index (χ0v) is 19.5. The number of hydrogen-bond acceptors (Lipinski definition) is 5. The number of hydrogen-bond donors (Lipinski definition) is 4. The number of aromatic nitrogens is 1. The average molecular weight is 424 g/mol. The van der Waals surface area contributed by atoms with Crippen molar-refractivity contribution in [1.82, 2.24) is 20.9 Å². The van der Waals surface area contributed by atoms with Crippen LogP contribution in [0.3, 0.4) is 0 Å². The van der Waals surface area contributed by atoms with Crippen molar-refractivity contribution in [3.05, 3.63) is 59.3 Å². The third kappa shape index (κ3) is 7.03. The fourth-order valence-corrected chi connectivity index (χ4v) is 5.01. The molecule has 1 aromatic carbocycles. The molecule has 1 saturated heterocycles. The highest BCUT2D eigenvalue weighted by molar-refractivity contribution is 5.34. The molecule has 2 aromatic rings. The number of nitrogen functional groups attached to an aromatic ring is 1. The highest BCUT2D eigenvalue weighted by Gasteiger charge is 2.33. The van der Waals surface area contributed by atoms with E-state index in [-0.39, 0.29) is 0 Å². The lowest BCUT2D eigenvalue weighted by Crippen LogP contribution is -2.51. The molecule has 0 bridgehead atoms. The normalized spacial score (nSPS) is 25.3. The topological polar surface area (TPSA) is 75.0 Å². The van der Waals surface area contributed by atoms with E-state index in [1.807, 2.05) is 19.9 Å². The summed E-state index contributed by atoms with van der Waals surface area (Å²) in [5.74, 6) is 1.20. The maximum Gasteiger partial charge on any atom is 0.123 e. The highest BCUT2D eigenvalue weighted by Crippen LogP contribution is 2.23. The molecule has 2 heterocycles. The van der Waals surface area contributed by atoms with Crippen molar-refractivity contribution < 1.29 is 0 Å². The van der Waals surface area contributed by atoms with Crippen LogP contribution in [0.4, 0.5) is 5.82 Å². The quantitative estimate of drug-likeness (QED) is 0.523. The van der Waals surface area contributed by atoms with Crippen LogP contribution >= 0.6 is 0 Å². The van der Waals surface area contributed by atoms with E-state index in [4.69, 9.17) is 5.73 Å². The molecular formula is C26H41N5. The van der Waals surface area contributed by atoms with Gasteiger partial charge in [0.1, 0.15) is 5.82 Å². The summed E-state index contributed by atoms with van der Waals surface area (Å²) < 4.78 is 0. The number of rotatable bonds is 8. The van der Waals surface area contributed by atoms with Crippen LogP contribution in [0.5, 0.6) is 0 Å². The Morgan fingerprint density at radius 2 is 1.81 bits per heavy atom. The van der Waals surface area contributed by atoms with Crippen LogP contribution in [0.15, 0.2) is 42.5 Å². The predicted molar refractivity (Wildman–Crippen MR) is 131 cm³/mol. The van der Waals surface area contributed by atoms with E-state index in [1.54, 1.807) is 0 Å². The van der Waals surface area contributed by atoms with Crippen LogP contribution in [0, 0.1) is 12.8 Å². The van der Waals surface area contributed by atoms with Gasteiger partial charge in [-0.05, 0) is 74.9 Å². The van der Waals surface area contributed by atoms with Gasteiger partial charge in [0.2, 0.25) is 0 Å². The van der Waals surface area contributed by atoms with Crippen molar-refractivity contribution in [2.24, 2.45) is 5.92 Å². The smallest absolute Gasteiger partial charge is 0.123 e. The number of anilines is 1. The molecule has 2 aliphatic rings. The first-order valence-electron chi connectivity index (χ1n) is 12.1. The third-order valence-electron chi connectivity index (χ3n) is 6.46. The molecule has 0 amide bonds. The van der Waals surface area contributed by atoms with Crippen molar-refractivity contribution in [1.29, 1.82) is 0 Å². The van der Waals surface area contributed by atoms with Crippen LogP contribution in [0.1, 0.15) is 49.9 Å². The summed E-state index contributed by atoms with van der Waals surface area (Å²) >= 11 is 0. The van der Waals surface area contributed by atoms with Gasteiger partial charge in [-0.3, -0.25) is 0 Å². The first-order chi connectivity index (χ1) is 15.2. The lowest BCUT2D eigenvalue weighted by molar-refractivity contribution is 0.333. The van der Waals surface area contributed by atoms with E-state index < -0.39 is 0 Å². The summed E-state index contributed by atoms with van der Waals surface area (Å²) in [5, 5.41) is 11.4. The molecule has 5 nitrogen and oxygen atoms in total. The zero-order valence-electron chi connectivity index (χ0n) is 19.5. The lowest BCUT2D eigenvalue weighted by atomic mass is 9.95. The molecule has 1 aliphatic heterocycles. The van der Waals surface area contributed by atoms with Crippen molar-refractivity contribution in [2.45, 2.75) is 71.0 Å². The summed E-state index contributed by atoms with van der Waals surface area (Å²) in [6, 6.07) is 16.5. The second-order valence-corrected chi connectivity index (χ2v) is 8.79. The molecule has 0 radical (unpaired) electrons. The molecule has 1 aromatic heterocycles. The van der Waals surface area contributed by atoms with E-state index in [2.05, 4.69) is 64.3 Å². The fourth-order valence-electron chi connectivity index (χ4n) is 5.01. The minimum Gasteiger partial charge on any atom is -0.384 e. The second-order valence-electron chi connectivity index (χ2n) is 8.79. The van der Waals surface area contributed by atoms with Gasteiger partial charge >= 0.3 is 0 Å². The first-order valence-corrected chi connectivity index (χ1v) is 12.1. The Bertz CT molecular complexity index is 758. The van der Waals surface area contributed by atoms with Crippen molar-refractivity contribution in [3.63, 3.8) is 0 Å². The molecule has 4 unspecified atom stereocenters. The number of pyridine rings is 1. The Morgan fingerprint density at radius 3 is 2.58 bits per heavy atom. The van der Waals surface area contributed by atoms with Crippen molar-refractivity contribution in [3.8, 4) is 0 Å². The molecule has 2 fully saturated rings. The number of benzene rings is 1. The number of nitrogens with two attached hydrogens (primary N) is 1. The van der Waals surface area contributed by atoms with Gasteiger partial charge in [-0.15, -0.1) is 0 Å². The van der Waals surface area contributed by atoms with Gasteiger partial charge < -0.3 is 21.7 Å². The highest BCUT2D eigenvalue weighted by atomic mass is 15.1. The van der Waals surface area contributed by atoms with E-state index >= 15 is 0 Å². The maximum atomic E-state index is 5.96. The summed E-state index contributed by atoms with van der Waals surface area (Å²) in [6.07, 6.45) is 5.92. The summed E-state index contributed by atoms with van der Waals surface area (Å²) in [5.41, 5.74) is 9.68. The average Bonchev–Trinajstić information content (AvgIpc) is 3.39. The van der Waals surface area contributed by atoms with E-state index in [1.165, 1.54) is 30.4 Å². The lowest BCUT2D eigenvalue weighted by Gasteiger charge is -2.28. The van der Waals surface area contributed by atoms with Gasteiger partial charge in [-0.25, -0.2) is 4.98 Å². The first kappa shape index (κ1) is 23.7. The van der Waals surface area contributed by atoms with Gasteiger partial charge in [-0.1, -0.05) is 50.6 Å². The van der Waals surface area contributed by atoms with E-state index in [9.17, 15) is 0 Å². The van der Waals surface area contributed by atoms with Crippen LogP contribution in [-0.4, -0.2) is 42.7 Å². The summed E-state index contributed by atoms with van der Waals surface area (Å²) in [6.45, 7) is 9.23. The largest absolute Gasteiger partial charge is 0.384 e. The molecule has 1 aliphatic carbocycles. The number of nitrogens with one attached hydrogen (secondary N) is 3. The molecule has 1 saturated carbocycles. The molecule has 5 N–H and O–H groups in total. The molecule has 4 rings (SSSR count). The number of aryl methyl sites for hydroxylation is 1. The monoisotopic (exact) mass is 423 g/mol.